The molecule has 1 heterocycles. The van der Waals surface area contributed by atoms with Crippen molar-refractivity contribution in [1.82, 2.24) is 10.6 Å². The molecule has 8 nitrogen and oxygen atoms in total. The fourth-order valence-corrected chi connectivity index (χ4v) is 2.86. The Bertz CT molecular complexity index is 885. The lowest BCUT2D eigenvalue weighted by atomic mass is 10.1. The second-order valence-electron chi connectivity index (χ2n) is 6.38. The van der Waals surface area contributed by atoms with Crippen molar-refractivity contribution in [3.05, 3.63) is 54.1 Å². The van der Waals surface area contributed by atoms with Gasteiger partial charge in [0.1, 0.15) is 24.1 Å². The van der Waals surface area contributed by atoms with Crippen LogP contribution in [0.1, 0.15) is 5.56 Å². The molecule has 3 rings (SSSR count). The topological polar surface area (TPSA) is 108 Å². The molecule has 1 atom stereocenters. The lowest BCUT2D eigenvalue weighted by molar-refractivity contribution is -0.140. The van der Waals surface area contributed by atoms with Crippen LogP contribution in [0.5, 0.6) is 11.5 Å². The summed E-state index contributed by atoms with van der Waals surface area (Å²) in [4.78, 5) is 38.1. The van der Waals surface area contributed by atoms with Crippen LogP contribution < -0.4 is 20.3 Å². The Labute approximate surface area is 162 Å². The minimum atomic E-state index is -1.02. The zero-order valence-corrected chi connectivity index (χ0v) is 15.3. The minimum absolute atomic E-state index is 0.0118. The van der Waals surface area contributed by atoms with Crippen LogP contribution in [0.3, 0.4) is 0 Å². The molecule has 146 valence electrons. The van der Waals surface area contributed by atoms with Gasteiger partial charge in [0, 0.05) is 19.7 Å². The Morgan fingerprint density at radius 2 is 1.93 bits per heavy atom. The zero-order chi connectivity index (χ0) is 20.1. The summed E-state index contributed by atoms with van der Waals surface area (Å²) in [7, 11) is 1.51. The van der Waals surface area contributed by atoms with Crippen molar-refractivity contribution in [1.29, 1.82) is 0 Å². The first kappa shape index (κ1) is 19.2. The number of amides is 3. The van der Waals surface area contributed by atoms with Gasteiger partial charge < -0.3 is 25.4 Å². The number of carbonyl (C=O) groups excluding carboxylic acids is 3. The molecule has 8 heteroatoms. The molecule has 1 aliphatic heterocycles. The summed E-state index contributed by atoms with van der Waals surface area (Å²) in [5.74, 6) is -1.78. The highest BCUT2D eigenvalue weighted by Crippen LogP contribution is 2.33. The minimum Gasteiger partial charge on any atom is -0.508 e. The van der Waals surface area contributed by atoms with Gasteiger partial charge in [0.25, 0.3) is 5.91 Å². The van der Waals surface area contributed by atoms with Crippen molar-refractivity contribution < 1.29 is 24.2 Å². The number of ether oxygens (including phenoxy) is 1. The zero-order valence-electron chi connectivity index (χ0n) is 15.3. The van der Waals surface area contributed by atoms with E-state index < -0.39 is 23.8 Å². The number of hydrogen-bond acceptors (Lipinski definition) is 5. The van der Waals surface area contributed by atoms with Crippen LogP contribution >= 0.6 is 0 Å². The molecule has 28 heavy (non-hydrogen) atoms. The lowest BCUT2D eigenvalue weighted by Gasteiger charge is -2.20. The molecule has 2 aromatic rings. The number of rotatable bonds is 4. The molecule has 0 saturated carbocycles. The first-order chi connectivity index (χ1) is 13.5. The van der Waals surface area contributed by atoms with Crippen molar-refractivity contribution >= 4 is 23.4 Å². The second kappa shape index (κ2) is 8.43. The molecule has 0 spiro atoms. The Morgan fingerprint density at radius 3 is 2.68 bits per heavy atom. The summed E-state index contributed by atoms with van der Waals surface area (Å²) in [6, 6.07) is 12.9. The van der Waals surface area contributed by atoms with Crippen LogP contribution in [-0.4, -0.2) is 49.1 Å². The van der Waals surface area contributed by atoms with Gasteiger partial charge in [-0.3, -0.25) is 14.4 Å². The number of carbonyl (C=O) groups is 3. The number of nitrogens with one attached hydrogen (secondary N) is 2. The molecule has 3 amide bonds. The average Bonchev–Trinajstić information content (AvgIpc) is 2.81. The maximum Gasteiger partial charge on any atom is 0.310 e. The van der Waals surface area contributed by atoms with Gasteiger partial charge in [-0.05, 0) is 24.1 Å². The molecule has 0 radical (unpaired) electrons. The fourth-order valence-electron chi connectivity index (χ4n) is 2.86. The Kier molecular flexibility index (Phi) is 5.78. The monoisotopic (exact) mass is 383 g/mol. The normalized spacial score (nSPS) is 15.8. The Balaban J connectivity index is 1.56. The molecule has 0 bridgehead atoms. The van der Waals surface area contributed by atoms with Crippen LogP contribution in [0.4, 0.5) is 5.69 Å². The largest absolute Gasteiger partial charge is 0.508 e. The molecular formula is C20H21N3O5. The number of hydrogen-bond donors (Lipinski definition) is 3. The number of phenolic OH excluding ortho intramolecular Hbond substituents is 1. The summed E-state index contributed by atoms with van der Waals surface area (Å²) in [5, 5.41) is 14.6. The van der Waals surface area contributed by atoms with Crippen molar-refractivity contribution in [3.8, 4) is 11.5 Å². The summed E-state index contributed by atoms with van der Waals surface area (Å²) in [5.41, 5.74) is 1.42. The van der Waals surface area contributed by atoms with E-state index in [1.807, 2.05) is 30.3 Å². The molecule has 0 aliphatic carbocycles. The maximum atomic E-state index is 12.6. The molecule has 0 unspecified atom stereocenters. The van der Waals surface area contributed by atoms with Gasteiger partial charge in [-0.15, -0.1) is 0 Å². The highest BCUT2D eigenvalue weighted by atomic mass is 16.5. The standard InChI is InChI=1S/C20H21N3O5/c1-23-16-11-14(24)7-8-17(16)28-12-15(20(23)27)22-19(26)18(25)21-10-9-13-5-3-2-4-6-13/h2-8,11,15,24H,9-10,12H2,1H3,(H,21,25)(H,22,26)/t15-/m0/s1. The maximum absolute atomic E-state index is 12.6. The van der Waals surface area contributed by atoms with E-state index in [-0.39, 0.29) is 12.4 Å². The molecule has 0 saturated heterocycles. The summed E-state index contributed by atoms with van der Waals surface area (Å²) in [6.45, 7) is 0.181. The van der Waals surface area contributed by atoms with Crippen LogP contribution in [0, 0.1) is 0 Å². The van der Waals surface area contributed by atoms with Gasteiger partial charge in [0.15, 0.2) is 0 Å². The third-order valence-electron chi connectivity index (χ3n) is 4.39. The average molecular weight is 383 g/mol. The van der Waals surface area contributed by atoms with E-state index >= 15 is 0 Å². The number of fused-ring (bicyclic) bond motifs is 1. The number of phenols is 1. The van der Waals surface area contributed by atoms with Gasteiger partial charge in [0.2, 0.25) is 0 Å². The van der Waals surface area contributed by atoms with Crippen molar-refractivity contribution in [2.75, 3.05) is 25.1 Å². The van der Waals surface area contributed by atoms with Crippen LogP contribution in [-0.2, 0) is 20.8 Å². The van der Waals surface area contributed by atoms with Gasteiger partial charge in [-0.1, -0.05) is 30.3 Å². The van der Waals surface area contributed by atoms with Crippen LogP contribution in [0.25, 0.3) is 0 Å². The van der Waals surface area contributed by atoms with Gasteiger partial charge in [-0.25, -0.2) is 0 Å². The molecule has 3 N–H and O–H groups in total. The lowest BCUT2D eigenvalue weighted by Crippen LogP contribution is -2.53. The molecular weight excluding hydrogens is 362 g/mol. The number of anilines is 1. The first-order valence-corrected chi connectivity index (χ1v) is 8.81. The van der Waals surface area contributed by atoms with E-state index in [9.17, 15) is 19.5 Å². The Hall–Kier alpha value is -3.55. The summed E-state index contributed by atoms with van der Waals surface area (Å²) < 4.78 is 5.56. The second-order valence-corrected chi connectivity index (χ2v) is 6.38. The van der Waals surface area contributed by atoms with E-state index in [1.165, 1.54) is 30.1 Å². The van der Waals surface area contributed by atoms with E-state index in [4.69, 9.17) is 4.74 Å². The predicted molar refractivity (Wildman–Crippen MR) is 102 cm³/mol. The quantitative estimate of drug-likeness (QED) is 0.670. The number of benzene rings is 2. The van der Waals surface area contributed by atoms with Crippen molar-refractivity contribution in [3.63, 3.8) is 0 Å². The van der Waals surface area contributed by atoms with Crippen molar-refractivity contribution in [2.45, 2.75) is 12.5 Å². The number of aromatic hydroxyl groups is 1. The van der Waals surface area contributed by atoms with Gasteiger partial charge in [-0.2, -0.15) is 0 Å². The Morgan fingerprint density at radius 1 is 1.18 bits per heavy atom. The van der Waals surface area contributed by atoms with E-state index in [0.29, 0.717) is 24.4 Å². The van der Waals surface area contributed by atoms with Crippen LogP contribution in [0.2, 0.25) is 0 Å². The molecule has 2 aromatic carbocycles. The van der Waals surface area contributed by atoms with Gasteiger partial charge >= 0.3 is 11.8 Å². The number of likely N-dealkylation sites (N-methyl/N-ethyl adjacent to an activating group) is 1. The van der Waals surface area contributed by atoms with E-state index in [0.717, 1.165) is 5.56 Å². The molecule has 0 aromatic heterocycles. The first-order valence-electron chi connectivity index (χ1n) is 8.81. The van der Waals surface area contributed by atoms with E-state index in [1.54, 1.807) is 0 Å². The SMILES string of the molecule is CN1C(=O)[C@@H](NC(=O)C(=O)NCCc2ccccc2)COc2ccc(O)cc21. The van der Waals surface area contributed by atoms with Gasteiger partial charge in [0.05, 0.1) is 5.69 Å². The van der Waals surface area contributed by atoms with E-state index in [2.05, 4.69) is 10.6 Å². The predicted octanol–water partition coefficient (Wildman–Crippen LogP) is 0.591. The smallest absolute Gasteiger partial charge is 0.310 e. The third-order valence-corrected chi connectivity index (χ3v) is 4.39. The highest BCUT2D eigenvalue weighted by Gasteiger charge is 2.32. The number of nitrogens with zero attached hydrogens (tertiary/aromatic N) is 1. The summed E-state index contributed by atoms with van der Waals surface area (Å²) >= 11 is 0. The van der Waals surface area contributed by atoms with Crippen molar-refractivity contribution in [2.24, 2.45) is 0 Å². The molecule has 0 fully saturated rings. The van der Waals surface area contributed by atoms with Crippen LogP contribution in [0.15, 0.2) is 48.5 Å². The fraction of sp³-hybridized carbons (Fsp3) is 0.250. The summed E-state index contributed by atoms with van der Waals surface area (Å²) in [6.07, 6.45) is 0.590. The highest BCUT2D eigenvalue weighted by molar-refractivity contribution is 6.35. The third kappa shape index (κ3) is 4.40. The molecule has 1 aliphatic rings.